The lowest BCUT2D eigenvalue weighted by Gasteiger charge is -2.26. The van der Waals surface area contributed by atoms with Gasteiger partial charge < -0.3 is 5.32 Å². The highest BCUT2D eigenvalue weighted by atomic mass is 19.1. The maximum absolute atomic E-state index is 13.1. The first-order valence-electron chi connectivity index (χ1n) is 7.38. The fraction of sp³-hybridized carbons (Fsp3) is 0.529. The quantitative estimate of drug-likeness (QED) is 0.797. The smallest absolute Gasteiger partial charge is 0.123 e. The second-order valence-electron chi connectivity index (χ2n) is 6.07. The Morgan fingerprint density at radius 1 is 1.32 bits per heavy atom. The first kappa shape index (κ1) is 12.9. The Hall–Kier alpha value is -1.15. The van der Waals surface area contributed by atoms with Gasteiger partial charge in [-0.3, -0.25) is 0 Å². The van der Waals surface area contributed by atoms with Crippen molar-refractivity contribution in [3.63, 3.8) is 0 Å². The van der Waals surface area contributed by atoms with Crippen molar-refractivity contribution in [3.8, 4) is 0 Å². The van der Waals surface area contributed by atoms with E-state index < -0.39 is 0 Å². The van der Waals surface area contributed by atoms with Crippen LogP contribution in [0.4, 0.5) is 4.39 Å². The molecule has 4 unspecified atom stereocenters. The predicted octanol–water partition coefficient (Wildman–Crippen LogP) is 3.56. The van der Waals surface area contributed by atoms with Crippen molar-refractivity contribution < 1.29 is 4.39 Å². The van der Waals surface area contributed by atoms with E-state index in [0.29, 0.717) is 6.04 Å². The molecule has 0 amide bonds. The van der Waals surface area contributed by atoms with E-state index >= 15 is 0 Å². The Labute approximate surface area is 114 Å². The van der Waals surface area contributed by atoms with E-state index in [1.54, 1.807) is 12.1 Å². The molecule has 0 spiro atoms. The average Bonchev–Trinajstić information content (AvgIpc) is 3.01. The number of benzene rings is 1. The summed E-state index contributed by atoms with van der Waals surface area (Å²) in [6.45, 7) is 3.23. The zero-order valence-electron chi connectivity index (χ0n) is 11.5. The second-order valence-corrected chi connectivity index (χ2v) is 6.07. The summed E-state index contributed by atoms with van der Waals surface area (Å²) < 4.78 is 13.1. The zero-order valence-corrected chi connectivity index (χ0v) is 11.5. The van der Waals surface area contributed by atoms with Gasteiger partial charge in [-0.05, 0) is 68.2 Å². The largest absolute Gasteiger partial charge is 0.314 e. The van der Waals surface area contributed by atoms with E-state index in [0.717, 1.165) is 36.3 Å². The Morgan fingerprint density at radius 2 is 2.21 bits per heavy atom. The van der Waals surface area contributed by atoms with Gasteiger partial charge in [-0.25, -0.2) is 4.39 Å². The summed E-state index contributed by atoms with van der Waals surface area (Å²) >= 11 is 0. The van der Waals surface area contributed by atoms with Crippen LogP contribution in [0.3, 0.4) is 0 Å². The third kappa shape index (κ3) is 2.89. The highest BCUT2D eigenvalue weighted by Gasteiger charge is 2.38. The highest BCUT2D eigenvalue weighted by molar-refractivity contribution is 5.16. The van der Waals surface area contributed by atoms with Crippen LogP contribution in [0.5, 0.6) is 0 Å². The molecule has 0 heterocycles. The van der Waals surface area contributed by atoms with Gasteiger partial charge in [0.2, 0.25) is 0 Å². The molecule has 1 N–H and O–H groups in total. The minimum atomic E-state index is -0.135. The third-order valence-corrected chi connectivity index (χ3v) is 4.74. The van der Waals surface area contributed by atoms with E-state index in [9.17, 15) is 4.39 Å². The topological polar surface area (TPSA) is 12.0 Å². The fourth-order valence-corrected chi connectivity index (χ4v) is 3.69. The molecule has 1 aromatic carbocycles. The van der Waals surface area contributed by atoms with E-state index in [1.165, 1.54) is 18.9 Å². The number of hydrogen-bond acceptors (Lipinski definition) is 1. The van der Waals surface area contributed by atoms with Crippen molar-refractivity contribution in [2.24, 2.45) is 17.8 Å². The molecule has 0 saturated heterocycles. The molecular formula is C17H22FN. The molecule has 2 heteroatoms. The van der Waals surface area contributed by atoms with Gasteiger partial charge in [0.25, 0.3) is 0 Å². The van der Waals surface area contributed by atoms with Gasteiger partial charge >= 0.3 is 0 Å². The van der Waals surface area contributed by atoms with E-state index in [2.05, 4.69) is 24.4 Å². The second kappa shape index (κ2) is 5.46. The van der Waals surface area contributed by atoms with Crippen LogP contribution in [-0.2, 0) is 6.42 Å². The predicted molar refractivity (Wildman–Crippen MR) is 76.4 cm³/mol. The number of rotatable bonds is 5. The standard InChI is InChI=1S/C17H22FN/c1-12(17-11-14-5-6-15(17)9-14)19-8-7-13-3-2-4-16(18)10-13/h2-6,10,12,14-15,17,19H,7-9,11H2,1H3. The van der Waals surface area contributed by atoms with Crippen LogP contribution in [0.15, 0.2) is 36.4 Å². The Kier molecular flexibility index (Phi) is 3.69. The molecule has 0 aliphatic heterocycles. The Balaban J connectivity index is 1.46. The number of hydrogen-bond donors (Lipinski definition) is 1. The van der Waals surface area contributed by atoms with Gasteiger partial charge in [0.05, 0.1) is 0 Å². The van der Waals surface area contributed by atoms with Gasteiger partial charge in [0.15, 0.2) is 0 Å². The molecule has 2 aliphatic rings. The zero-order chi connectivity index (χ0) is 13.2. The SMILES string of the molecule is CC(NCCc1cccc(F)c1)C1CC2C=CC1C2. The maximum Gasteiger partial charge on any atom is 0.123 e. The summed E-state index contributed by atoms with van der Waals surface area (Å²) in [6.07, 6.45) is 8.40. The summed E-state index contributed by atoms with van der Waals surface area (Å²) in [6, 6.07) is 7.48. The molecule has 1 aromatic rings. The highest BCUT2D eigenvalue weighted by Crippen LogP contribution is 2.44. The first-order valence-corrected chi connectivity index (χ1v) is 7.38. The molecule has 102 valence electrons. The molecule has 0 radical (unpaired) electrons. The number of allylic oxidation sites excluding steroid dienone is 2. The van der Waals surface area contributed by atoms with Crippen LogP contribution < -0.4 is 5.32 Å². The van der Waals surface area contributed by atoms with Crippen LogP contribution >= 0.6 is 0 Å². The number of nitrogens with one attached hydrogen (secondary N) is 1. The van der Waals surface area contributed by atoms with E-state index in [1.807, 2.05) is 6.07 Å². The van der Waals surface area contributed by atoms with Crippen LogP contribution in [0, 0.1) is 23.6 Å². The maximum atomic E-state index is 13.1. The monoisotopic (exact) mass is 259 g/mol. The van der Waals surface area contributed by atoms with Crippen LogP contribution in [-0.4, -0.2) is 12.6 Å². The van der Waals surface area contributed by atoms with Crippen LogP contribution in [0.2, 0.25) is 0 Å². The van der Waals surface area contributed by atoms with Crippen LogP contribution in [0.25, 0.3) is 0 Å². The first-order chi connectivity index (χ1) is 9.22. The summed E-state index contributed by atoms with van der Waals surface area (Å²) in [5, 5.41) is 3.62. The van der Waals surface area contributed by atoms with Crippen molar-refractivity contribution in [2.45, 2.75) is 32.2 Å². The van der Waals surface area contributed by atoms with E-state index in [-0.39, 0.29) is 5.82 Å². The molecule has 1 saturated carbocycles. The van der Waals surface area contributed by atoms with Crippen molar-refractivity contribution in [2.75, 3.05) is 6.54 Å². The molecule has 3 rings (SSSR count). The lowest BCUT2D eigenvalue weighted by Crippen LogP contribution is -2.36. The normalized spacial score (nSPS) is 29.9. The molecule has 1 fully saturated rings. The van der Waals surface area contributed by atoms with Crippen molar-refractivity contribution in [1.82, 2.24) is 5.32 Å². The molecule has 0 aromatic heterocycles. The van der Waals surface area contributed by atoms with Crippen molar-refractivity contribution in [1.29, 1.82) is 0 Å². The minimum Gasteiger partial charge on any atom is -0.314 e. The van der Waals surface area contributed by atoms with Crippen LogP contribution in [0.1, 0.15) is 25.3 Å². The lowest BCUT2D eigenvalue weighted by molar-refractivity contribution is 0.329. The molecular weight excluding hydrogens is 237 g/mol. The minimum absolute atomic E-state index is 0.135. The third-order valence-electron chi connectivity index (χ3n) is 4.74. The summed E-state index contributed by atoms with van der Waals surface area (Å²) in [7, 11) is 0. The molecule has 1 nitrogen and oxygen atoms in total. The number of halogens is 1. The molecule has 4 atom stereocenters. The average molecular weight is 259 g/mol. The van der Waals surface area contributed by atoms with Gasteiger partial charge in [-0.1, -0.05) is 24.3 Å². The van der Waals surface area contributed by atoms with Crippen molar-refractivity contribution >= 4 is 0 Å². The van der Waals surface area contributed by atoms with Gasteiger partial charge in [-0.2, -0.15) is 0 Å². The van der Waals surface area contributed by atoms with Crippen molar-refractivity contribution in [3.05, 3.63) is 47.8 Å². The number of fused-ring (bicyclic) bond motifs is 2. The lowest BCUT2D eigenvalue weighted by atomic mass is 9.87. The van der Waals surface area contributed by atoms with Gasteiger partial charge in [0.1, 0.15) is 5.82 Å². The van der Waals surface area contributed by atoms with Gasteiger partial charge in [0, 0.05) is 6.04 Å². The fourth-order valence-electron chi connectivity index (χ4n) is 3.69. The molecule has 2 aliphatic carbocycles. The molecule has 2 bridgehead atoms. The summed E-state index contributed by atoms with van der Waals surface area (Å²) in [4.78, 5) is 0. The Morgan fingerprint density at radius 3 is 2.89 bits per heavy atom. The Bertz CT molecular complexity index is 468. The summed E-state index contributed by atoms with van der Waals surface area (Å²) in [5.74, 6) is 2.29. The van der Waals surface area contributed by atoms with E-state index in [4.69, 9.17) is 0 Å². The molecule has 19 heavy (non-hydrogen) atoms. The van der Waals surface area contributed by atoms with Gasteiger partial charge in [-0.15, -0.1) is 0 Å². The summed E-state index contributed by atoms with van der Waals surface area (Å²) in [5.41, 5.74) is 1.08.